The Morgan fingerprint density at radius 2 is 1.86 bits per heavy atom. The molecule has 0 aliphatic carbocycles. The van der Waals surface area contributed by atoms with Gasteiger partial charge in [0.25, 0.3) is 5.91 Å². The number of carbonyl (C=O) groups excluding carboxylic acids is 2. The molecule has 2 amide bonds. The van der Waals surface area contributed by atoms with Crippen molar-refractivity contribution < 1.29 is 24.6 Å². The van der Waals surface area contributed by atoms with Crippen molar-refractivity contribution in [1.29, 1.82) is 0 Å². The summed E-state index contributed by atoms with van der Waals surface area (Å²) in [7, 11) is 0. The van der Waals surface area contributed by atoms with E-state index in [9.17, 15) is 24.6 Å². The summed E-state index contributed by atoms with van der Waals surface area (Å²) in [5.74, 6) is -3.16. The molecule has 3 aliphatic heterocycles. The zero-order valence-corrected chi connectivity index (χ0v) is 21.4. The van der Waals surface area contributed by atoms with E-state index in [0.717, 1.165) is 18.8 Å². The maximum absolute atomic E-state index is 14.3. The number of fused-ring (bicyclic) bond motifs is 1. The first-order valence-electron chi connectivity index (χ1n) is 12.4. The monoisotopic (exact) mass is 501 g/mol. The number of carboxylic acids is 1. The average molecular weight is 502 g/mol. The molecule has 2 bridgehead atoms. The maximum atomic E-state index is 14.3. The molecule has 0 saturated carbocycles. The number of benzene rings is 1. The molecular weight excluding hydrogens is 466 g/mol. The number of carboxylic acid groups (broad SMARTS) is 1. The summed E-state index contributed by atoms with van der Waals surface area (Å²) < 4.78 is -0.822. The molecule has 2 N–H and O–H groups in total. The standard InChI is InChI=1S/C26H35N3O5S/c1-5-12-28(18-10-8-17(9-11-18)27(6-2)7-3)24(32)22-26-16(4)15-19(35-26)20(25(33)34)21(26)23(31)29(22)13-14-30/h5,8-11,16,19-22,30H,1,6-7,12-15H2,2-4H3,(H,33,34)/t16?,19-,20+,21+,22?,26?/m1/s1. The predicted octanol–water partition coefficient (Wildman–Crippen LogP) is 2.47. The molecule has 3 fully saturated rings. The lowest BCUT2D eigenvalue weighted by molar-refractivity contribution is -0.149. The van der Waals surface area contributed by atoms with Crippen molar-refractivity contribution in [2.75, 3.05) is 42.6 Å². The molecule has 3 aliphatic rings. The first-order valence-corrected chi connectivity index (χ1v) is 13.2. The van der Waals surface area contributed by atoms with E-state index in [-0.39, 0.29) is 42.7 Å². The van der Waals surface area contributed by atoms with Crippen molar-refractivity contribution in [1.82, 2.24) is 4.90 Å². The van der Waals surface area contributed by atoms with Gasteiger partial charge in [-0.05, 0) is 50.5 Å². The first-order chi connectivity index (χ1) is 16.8. The van der Waals surface area contributed by atoms with Crippen molar-refractivity contribution in [3.63, 3.8) is 0 Å². The van der Waals surface area contributed by atoms with Crippen LogP contribution in [0.25, 0.3) is 0 Å². The fourth-order valence-electron chi connectivity index (χ4n) is 6.46. The number of aliphatic hydroxyl groups is 1. The van der Waals surface area contributed by atoms with Gasteiger partial charge in [-0.2, -0.15) is 0 Å². The van der Waals surface area contributed by atoms with Crippen molar-refractivity contribution in [2.24, 2.45) is 17.8 Å². The number of anilines is 2. The number of carbonyl (C=O) groups is 3. The normalized spacial score (nSPS) is 30.9. The quantitative estimate of drug-likeness (QED) is 0.475. The van der Waals surface area contributed by atoms with Crippen LogP contribution in [0.1, 0.15) is 27.2 Å². The molecule has 3 heterocycles. The highest BCUT2D eigenvalue weighted by Gasteiger charge is 2.76. The highest BCUT2D eigenvalue weighted by Crippen LogP contribution is 2.68. The largest absolute Gasteiger partial charge is 0.481 e. The number of likely N-dealkylation sites (tertiary alicyclic amines) is 1. The summed E-state index contributed by atoms with van der Waals surface area (Å²) in [6, 6.07) is 6.93. The fraction of sp³-hybridized carbons (Fsp3) is 0.577. The van der Waals surface area contributed by atoms with E-state index in [4.69, 9.17) is 0 Å². The Morgan fingerprint density at radius 3 is 2.40 bits per heavy atom. The van der Waals surface area contributed by atoms with Gasteiger partial charge in [0.05, 0.1) is 23.2 Å². The second kappa shape index (κ2) is 9.85. The van der Waals surface area contributed by atoms with E-state index in [1.54, 1.807) is 11.0 Å². The van der Waals surface area contributed by atoms with Gasteiger partial charge in [0.15, 0.2) is 0 Å². The molecule has 0 aromatic heterocycles. The van der Waals surface area contributed by atoms with Gasteiger partial charge in [-0.25, -0.2) is 0 Å². The van der Waals surface area contributed by atoms with Gasteiger partial charge >= 0.3 is 5.97 Å². The Labute approximate surface area is 210 Å². The van der Waals surface area contributed by atoms with Gasteiger partial charge in [0.1, 0.15) is 6.04 Å². The minimum Gasteiger partial charge on any atom is -0.481 e. The van der Waals surface area contributed by atoms with E-state index >= 15 is 0 Å². The number of nitrogens with zero attached hydrogens (tertiary/aromatic N) is 3. The number of rotatable bonds is 10. The van der Waals surface area contributed by atoms with Gasteiger partial charge in [-0.1, -0.05) is 13.0 Å². The molecule has 9 heteroatoms. The van der Waals surface area contributed by atoms with Gasteiger partial charge in [0.2, 0.25) is 5.91 Å². The summed E-state index contributed by atoms with van der Waals surface area (Å²) in [6.45, 7) is 11.7. The lowest BCUT2D eigenvalue weighted by atomic mass is 9.66. The molecular formula is C26H35N3O5S. The number of aliphatic carboxylic acids is 1. The molecule has 35 heavy (non-hydrogen) atoms. The van der Waals surface area contributed by atoms with Crippen LogP contribution in [0.4, 0.5) is 11.4 Å². The van der Waals surface area contributed by atoms with Gasteiger partial charge < -0.3 is 24.9 Å². The Bertz CT molecular complexity index is 997. The second-order valence-electron chi connectivity index (χ2n) is 9.57. The van der Waals surface area contributed by atoms with E-state index in [1.165, 1.54) is 16.7 Å². The minimum absolute atomic E-state index is 0.000598. The summed E-state index contributed by atoms with van der Waals surface area (Å²) in [5.41, 5.74) is 1.76. The molecule has 3 saturated heterocycles. The maximum Gasteiger partial charge on any atom is 0.308 e. The summed E-state index contributed by atoms with van der Waals surface area (Å²) >= 11 is 1.50. The highest BCUT2D eigenvalue weighted by atomic mass is 32.2. The lowest BCUT2D eigenvalue weighted by Crippen LogP contribution is -2.57. The molecule has 190 valence electrons. The van der Waals surface area contributed by atoms with Crippen LogP contribution >= 0.6 is 11.8 Å². The number of hydrogen-bond acceptors (Lipinski definition) is 6. The Morgan fingerprint density at radius 1 is 1.23 bits per heavy atom. The van der Waals surface area contributed by atoms with Crippen molar-refractivity contribution in [2.45, 2.75) is 43.2 Å². The number of hydrogen-bond donors (Lipinski definition) is 2. The third-order valence-corrected chi connectivity index (χ3v) is 10.0. The third-order valence-electron chi connectivity index (χ3n) is 7.97. The summed E-state index contributed by atoms with van der Waals surface area (Å²) in [5, 5.41) is 19.5. The molecule has 6 atom stereocenters. The van der Waals surface area contributed by atoms with Crippen LogP contribution < -0.4 is 9.80 Å². The number of β-amino-alcohol motifs (C(OH)–C–C–N with tert-alkyl or cyclic N) is 1. The lowest BCUT2D eigenvalue weighted by Gasteiger charge is -2.40. The minimum atomic E-state index is -0.985. The van der Waals surface area contributed by atoms with Crippen LogP contribution in [0.15, 0.2) is 36.9 Å². The van der Waals surface area contributed by atoms with Crippen molar-refractivity contribution in [3.05, 3.63) is 36.9 Å². The van der Waals surface area contributed by atoms with Crippen LogP contribution in [0.3, 0.4) is 0 Å². The zero-order valence-electron chi connectivity index (χ0n) is 20.6. The van der Waals surface area contributed by atoms with Crippen molar-refractivity contribution in [3.8, 4) is 0 Å². The molecule has 3 unspecified atom stereocenters. The topological polar surface area (TPSA) is 101 Å². The number of amides is 2. The van der Waals surface area contributed by atoms with Crippen molar-refractivity contribution >= 4 is 40.9 Å². The molecule has 1 aromatic carbocycles. The molecule has 8 nitrogen and oxygen atoms in total. The van der Waals surface area contributed by atoms with Crippen LogP contribution in [-0.2, 0) is 14.4 Å². The second-order valence-corrected chi connectivity index (χ2v) is 11.1. The number of aliphatic hydroxyl groups excluding tert-OH is 1. The number of thioether (sulfide) groups is 1. The third kappa shape index (κ3) is 3.83. The van der Waals surface area contributed by atoms with Crippen LogP contribution in [-0.4, -0.2) is 81.7 Å². The van der Waals surface area contributed by atoms with Gasteiger partial charge in [0, 0.05) is 42.8 Å². The van der Waals surface area contributed by atoms with Gasteiger partial charge in [-0.3, -0.25) is 14.4 Å². The Kier molecular flexibility index (Phi) is 7.20. The summed E-state index contributed by atoms with van der Waals surface area (Å²) in [4.78, 5) is 45.3. The Hall–Kier alpha value is -2.52. The smallest absolute Gasteiger partial charge is 0.308 e. The average Bonchev–Trinajstić information content (AvgIpc) is 3.43. The van der Waals surface area contributed by atoms with Gasteiger partial charge in [-0.15, -0.1) is 18.3 Å². The fourth-order valence-corrected chi connectivity index (χ4v) is 8.87. The van der Waals surface area contributed by atoms with E-state index in [1.807, 2.05) is 31.2 Å². The zero-order chi connectivity index (χ0) is 25.5. The van der Waals surface area contributed by atoms with E-state index in [2.05, 4.69) is 25.3 Å². The van der Waals surface area contributed by atoms with E-state index in [0.29, 0.717) is 12.1 Å². The summed E-state index contributed by atoms with van der Waals surface area (Å²) in [6.07, 6.45) is 2.31. The van der Waals surface area contributed by atoms with E-state index < -0.39 is 28.6 Å². The molecule has 1 aromatic rings. The van der Waals surface area contributed by atoms with Crippen LogP contribution in [0, 0.1) is 17.8 Å². The van der Waals surface area contributed by atoms with Crippen LogP contribution in [0.2, 0.25) is 0 Å². The predicted molar refractivity (Wildman–Crippen MR) is 138 cm³/mol. The van der Waals surface area contributed by atoms with Crippen LogP contribution in [0.5, 0.6) is 0 Å². The molecule has 1 spiro atoms. The molecule has 0 radical (unpaired) electrons. The first kappa shape index (κ1) is 25.6. The highest BCUT2D eigenvalue weighted by molar-refractivity contribution is 8.02. The SMILES string of the molecule is C=CCN(C(=O)C1N(CCO)C(=O)[C@@H]2[C@@H](C(=O)O)[C@H]3CC(C)C12S3)c1ccc(N(CC)CC)cc1. The molecule has 4 rings (SSSR count). The Balaban J connectivity index is 1.75.